The fraction of sp³-hybridized carbons (Fsp3) is 0.500. The van der Waals surface area contributed by atoms with Gasteiger partial charge in [0.25, 0.3) is 17.7 Å². The average molecular weight is 374 g/mol. The number of amides is 3. The van der Waals surface area contributed by atoms with Crippen LogP contribution in [0.15, 0.2) is 18.2 Å². The maximum absolute atomic E-state index is 12.5. The Hall–Kier alpha value is -2.70. The minimum atomic E-state index is -0.700. The Morgan fingerprint density at radius 1 is 1.04 bits per heavy atom. The number of imide groups is 1. The molecule has 3 amide bonds. The van der Waals surface area contributed by atoms with Crippen molar-refractivity contribution >= 4 is 23.7 Å². The summed E-state index contributed by atoms with van der Waals surface area (Å²) in [6.07, 6.45) is 1.61. The van der Waals surface area contributed by atoms with Gasteiger partial charge in [0.2, 0.25) is 0 Å². The first-order valence-corrected chi connectivity index (χ1v) is 9.17. The number of benzene rings is 1. The van der Waals surface area contributed by atoms with Crippen LogP contribution in [0.25, 0.3) is 0 Å². The zero-order valence-corrected chi connectivity index (χ0v) is 16.4. The molecule has 0 saturated heterocycles. The number of fused-ring (bicyclic) bond motifs is 1. The first kappa shape index (κ1) is 20.6. The van der Waals surface area contributed by atoms with Gasteiger partial charge in [-0.1, -0.05) is 13.8 Å². The molecule has 1 heterocycles. The van der Waals surface area contributed by atoms with Crippen LogP contribution in [-0.4, -0.2) is 59.2 Å². The molecule has 0 unspecified atom stereocenters. The molecule has 1 aromatic rings. The van der Waals surface area contributed by atoms with Gasteiger partial charge in [-0.15, -0.1) is 0 Å². The summed E-state index contributed by atoms with van der Waals surface area (Å²) in [5.41, 5.74) is 0.565. The van der Waals surface area contributed by atoms with Gasteiger partial charge in [0.1, 0.15) is 0 Å². The van der Waals surface area contributed by atoms with Crippen molar-refractivity contribution in [2.45, 2.75) is 52.6 Å². The van der Waals surface area contributed by atoms with Crippen LogP contribution in [0, 0.1) is 0 Å². The molecule has 1 aromatic carbocycles. The third-order valence-electron chi connectivity index (χ3n) is 5.07. The Morgan fingerprint density at radius 2 is 1.59 bits per heavy atom. The molecule has 27 heavy (non-hydrogen) atoms. The second-order valence-corrected chi connectivity index (χ2v) is 6.82. The first-order chi connectivity index (χ1) is 12.7. The largest absolute Gasteiger partial charge is 0.452 e. The zero-order chi connectivity index (χ0) is 20.3. The average Bonchev–Trinajstić information content (AvgIpc) is 2.89. The number of rotatable bonds is 7. The van der Waals surface area contributed by atoms with Crippen LogP contribution in [0.1, 0.15) is 71.6 Å². The quantitative estimate of drug-likeness (QED) is 0.541. The van der Waals surface area contributed by atoms with Crippen LogP contribution >= 0.6 is 0 Å². The highest BCUT2D eigenvalue weighted by Crippen LogP contribution is 2.23. The van der Waals surface area contributed by atoms with Gasteiger partial charge >= 0.3 is 5.97 Å². The third kappa shape index (κ3) is 4.02. The smallest absolute Gasteiger partial charge is 0.338 e. The molecule has 0 aliphatic carbocycles. The molecule has 0 aromatic heterocycles. The molecule has 7 nitrogen and oxygen atoms in total. The fourth-order valence-electron chi connectivity index (χ4n) is 3.09. The molecular formula is C20H26N2O5. The number of carbonyl (C=O) groups is 4. The normalized spacial score (nSPS) is 15.4. The van der Waals surface area contributed by atoms with Gasteiger partial charge in [-0.3, -0.25) is 19.3 Å². The maximum atomic E-state index is 12.5. The van der Waals surface area contributed by atoms with Gasteiger partial charge in [0.05, 0.1) is 16.7 Å². The van der Waals surface area contributed by atoms with Gasteiger partial charge < -0.3 is 9.64 Å². The van der Waals surface area contributed by atoms with Crippen LogP contribution < -0.4 is 0 Å². The van der Waals surface area contributed by atoms with E-state index in [0.717, 1.165) is 17.7 Å². The van der Waals surface area contributed by atoms with Crippen LogP contribution in [0.5, 0.6) is 0 Å². The minimum Gasteiger partial charge on any atom is -0.452 e. The fourth-order valence-corrected chi connectivity index (χ4v) is 3.09. The first-order valence-electron chi connectivity index (χ1n) is 9.17. The van der Waals surface area contributed by atoms with Crippen molar-refractivity contribution in [1.29, 1.82) is 0 Å². The molecule has 2 rings (SSSR count). The Bertz CT molecular complexity index is 764. The standard InChI is InChI=1S/C20H26N2O5/c1-6-12(3)22(13(4)7-2)17(23)11-27-20(26)14-8-9-15-16(10-14)19(25)21(5)18(15)24/h8-10,12-13H,6-7,11H2,1-5H3/t12-,13-/m1/s1. The molecule has 0 saturated carbocycles. The molecule has 0 radical (unpaired) electrons. The van der Waals surface area contributed by atoms with Crippen LogP contribution in [0.3, 0.4) is 0 Å². The number of carbonyl (C=O) groups excluding carboxylic acids is 4. The van der Waals surface area contributed by atoms with Crippen molar-refractivity contribution < 1.29 is 23.9 Å². The summed E-state index contributed by atoms with van der Waals surface area (Å²) in [5.74, 6) is -1.81. The van der Waals surface area contributed by atoms with Gasteiger partial charge in [0.15, 0.2) is 6.61 Å². The summed E-state index contributed by atoms with van der Waals surface area (Å²) in [5, 5.41) is 0. The van der Waals surface area contributed by atoms with Crippen LogP contribution in [-0.2, 0) is 9.53 Å². The van der Waals surface area contributed by atoms with E-state index in [1.807, 2.05) is 27.7 Å². The second kappa shape index (κ2) is 8.33. The molecule has 0 bridgehead atoms. The molecule has 2 atom stereocenters. The molecule has 1 aliphatic heterocycles. The summed E-state index contributed by atoms with van der Waals surface area (Å²) in [7, 11) is 1.39. The number of ether oxygens (including phenoxy) is 1. The zero-order valence-electron chi connectivity index (χ0n) is 16.4. The predicted octanol–water partition coefficient (Wildman–Crippen LogP) is 2.49. The molecule has 0 spiro atoms. The van der Waals surface area contributed by atoms with Gasteiger partial charge in [-0.25, -0.2) is 4.79 Å². The molecule has 0 fully saturated rings. The van der Waals surface area contributed by atoms with Crippen molar-refractivity contribution in [2.75, 3.05) is 13.7 Å². The van der Waals surface area contributed by atoms with E-state index in [-0.39, 0.29) is 41.3 Å². The number of hydrogen-bond acceptors (Lipinski definition) is 5. The van der Waals surface area contributed by atoms with E-state index >= 15 is 0 Å². The summed E-state index contributed by atoms with van der Waals surface area (Å²) in [6, 6.07) is 4.29. The molecule has 7 heteroatoms. The van der Waals surface area contributed by atoms with E-state index in [1.54, 1.807) is 4.90 Å². The van der Waals surface area contributed by atoms with Crippen molar-refractivity contribution in [1.82, 2.24) is 9.80 Å². The van der Waals surface area contributed by atoms with Gasteiger partial charge in [-0.2, -0.15) is 0 Å². The van der Waals surface area contributed by atoms with Crippen LogP contribution in [0.2, 0.25) is 0 Å². The lowest BCUT2D eigenvalue weighted by Gasteiger charge is -2.33. The Kier molecular flexibility index (Phi) is 6.36. The van der Waals surface area contributed by atoms with Crippen LogP contribution in [0.4, 0.5) is 0 Å². The second-order valence-electron chi connectivity index (χ2n) is 6.82. The van der Waals surface area contributed by atoms with Crippen molar-refractivity contribution in [3.63, 3.8) is 0 Å². The lowest BCUT2D eigenvalue weighted by Crippen LogP contribution is -2.46. The Balaban J connectivity index is 2.09. The lowest BCUT2D eigenvalue weighted by molar-refractivity contribution is -0.139. The van der Waals surface area contributed by atoms with E-state index < -0.39 is 17.8 Å². The van der Waals surface area contributed by atoms with E-state index in [0.29, 0.717) is 0 Å². The number of esters is 1. The van der Waals surface area contributed by atoms with Crippen molar-refractivity contribution in [3.8, 4) is 0 Å². The molecule has 0 N–H and O–H groups in total. The van der Waals surface area contributed by atoms with E-state index in [1.165, 1.54) is 25.2 Å². The van der Waals surface area contributed by atoms with E-state index in [4.69, 9.17) is 4.74 Å². The molecule has 146 valence electrons. The molecular weight excluding hydrogens is 348 g/mol. The topological polar surface area (TPSA) is 84.0 Å². The number of hydrogen-bond donors (Lipinski definition) is 0. The number of nitrogens with zero attached hydrogens (tertiary/aromatic N) is 2. The highest BCUT2D eigenvalue weighted by Gasteiger charge is 2.33. The summed E-state index contributed by atoms with van der Waals surface area (Å²) < 4.78 is 5.17. The Labute approximate surface area is 159 Å². The van der Waals surface area contributed by atoms with Crippen molar-refractivity contribution in [2.24, 2.45) is 0 Å². The van der Waals surface area contributed by atoms with E-state index in [2.05, 4.69) is 0 Å². The SMILES string of the molecule is CC[C@@H](C)N(C(=O)COC(=O)c1ccc2c(c1)C(=O)N(C)C2=O)[C@H](C)CC. The molecule has 1 aliphatic rings. The van der Waals surface area contributed by atoms with Gasteiger partial charge in [-0.05, 0) is 44.9 Å². The minimum absolute atomic E-state index is 0.0466. The summed E-state index contributed by atoms with van der Waals surface area (Å²) >= 11 is 0. The lowest BCUT2D eigenvalue weighted by atomic mass is 10.1. The van der Waals surface area contributed by atoms with Gasteiger partial charge in [0, 0.05) is 19.1 Å². The predicted molar refractivity (Wildman–Crippen MR) is 99.5 cm³/mol. The highest BCUT2D eigenvalue weighted by atomic mass is 16.5. The highest BCUT2D eigenvalue weighted by molar-refractivity contribution is 6.21. The Morgan fingerprint density at radius 3 is 2.15 bits per heavy atom. The maximum Gasteiger partial charge on any atom is 0.338 e. The monoisotopic (exact) mass is 374 g/mol. The van der Waals surface area contributed by atoms with Crippen molar-refractivity contribution in [3.05, 3.63) is 34.9 Å². The third-order valence-corrected chi connectivity index (χ3v) is 5.07. The summed E-state index contributed by atoms with van der Waals surface area (Å²) in [4.78, 5) is 51.6. The summed E-state index contributed by atoms with van der Waals surface area (Å²) in [6.45, 7) is 7.56. The van der Waals surface area contributed by atoms with E-state index in [9.17, 15) is 19.2 Å².